The summed E-state index contributed by atoms with van der Waals surface area (Å²) < 4.78 is 6.23. The Morgan fingerprint density at radius 2 is 2.39 bits per heavy atom. The molecule has 1 fully saturated rings. The molecule has 3 nitrogen and oxygen atoms in total. The van der Waals surface area contributed by atoms with Gasteiger partial charge in [-0.3, -0.25) is 4.79 Å². The summed E-state index contributed by atoms with van der Waals surface area (Å²) in [5, 5.41) is 0.635. The number of benzene rings is 1. The minimum Gasteiger partial charge on any atom is -0.375 e. The van der Waals surface area contributed by atoms with E-state index in [-0.39, 0.29) is 12.0 Å². The summed E-state index contributed by atoms with van der Waals surface area (Å²) in [5.74, 6) is 0.119. The maximum absolute atomic E-state index is 12.2. The molecular weight excluding hydrogens is 318 g/mol. The number of amides is 1. The van der Waals surface area contributed by atoms with Crippen molar-refractivity contribution in [1.29, 1.82) is 0 Å². The van der Waals surface area contributed by atoms with E-state index in [1.165, 1.54) is 0 Å². The highest BCUT2D eigenvalue weighted by molar-refractivity contribution is 9.10. The van der Waals surface area contributed by atoms with Crippen LogP contribution in [0.25, 0.3) is 0 Å². The molecule has 2 rings (SSSR count). The maximum Gasteiger partial charge on any atom is 0.227 e. The molecule has 1 amide bonds. The number of carbonyl (C=O) groups is 1. The van der Waals surface area contributed by atoms with Crippen molar-refractivity contribution in [2.75, 3.05) is 19.7 Å². The lowest BCUT2D eigenvalue weighted by Crippen LogP contribution is -2.45. The number of carbonyl (C=O) groups excluding carboxylic acids is 1. The van der Waals surface area contributed by atoms with Crippen LogP contribution in [0.3, 0.4) is 0 Å². The maximum atomic E-state index is 12.2. The molecule has 0 aliphatic carbocycles. The van der Waals surface area contributed by atoms with Gasteiger partial charge in [-0.1, -0.05) is 23.7 Å². The lowest BCUT2D eigenvalue weighted by atomic mass is 10.1. The van der Waals surface area contributed by atoms with Gasteiger partial charge in [-0.25, -0.2) is 0 Å². The molecule has 1 heterocycles. The van der Waals surface area contributed by atoms with Gasteiger partial charge in [-0.05, 0) is 34.5 Å². The quantitative estimate of drug-likeness (QED) is 0.833. The van der Waals surface area contributed by atoms with E-state index in [4.69, 9.17) is 16.3 Å². The Labute approximate surface area is 120 Å². The number of hydrogen-bond acceptors (Lipinski definition) is 2. The summed E-state index contributed by atoms with van der Waals surface area (Å²) in [4.78, 5) is 14.0. The standard InChI is InChI=1S/C13H15BrClNO2/c1-9-8-16(5-6-18-9)12(17)7-10-3-2-4-11(15)13(10)14/h2-4,9H,5-8H2,1H3. The third-order valence-corrected chi connectivity index (χ3v) is 4.45. The minimum absolute atomic E-state index is 0.116. The molecule has 1 aromatic carbocycles. The monoisotopic (exact) mass is 331 g/mol. The molecule has 98 valence electrons. The number of ether oxygens (including phenoxy) is 1. The second kappa shape index (κ2) is 6.04. The van der Waals surface area contributed by atoms with E-state index in [0.717, 1.165) is 10.0 Å². The summed E-state index contributed by atoms with van der Waals surface area (Å²) in [6, 6.07) is 5.58. The van der Waals surface area contributed by atoms with Crippen LogP contribution in [0, 0.1) is 0 Å². The third kappa shape index (κ3) is 3.25. The van der Waals surface area contributed by atoms with Crippen molar-refractivity contribution in [3.05, 3.63) is 33.3 Å². The van der Waals surface area contributed by atoms with Gasteiger partial charge in [-0.15, -0.1) is 0 Å². The predicted octanol–water partition coefficient (Wildman–Crippen LogP) is 2.89. The van der Waals surface area contributed by atoms with Crippen molar-refractivity contribution < 1.29 is 9.53 Å². The summed E-state index contributed by atoms with van der Waals surface area (Å²) >= 11 is 9.43. The van der Waals surface area contributed by atoms with Crippen molar-refractivity contribution >= 4 is 33.4 Å². The van der Waals surface area contributed by atoms with Gasteiger partial charge in [0.15, 0.2) is 0 Å². The zero-order valence-corrected chi connectivity index (χ0v) is 12.5. The third-order valence-electron chi connectivity index (χ3n) is 2.97. The molecule has 0 N–H and O–H groups in total. The predicted molar refractivity (Wildman–Crippen MR) is 74.9 cm³/mol. The highest BCUT2D eigenvalue weighted by Gasteiger charge is 2.22. The second-order valence-corrected chi connectivity index (χ2v) is 5.61. The van der Waals surface area contributed by atoms with Crippen LogP contribution in [0.4, 0.5) is 0 Å². The molecule has 1 aromatic rings. The molecular formula is C13H15BrClNO2. The van der Waals surface area contributed by atoms with Gasteiger partial charge in [-0.2, -0.15) is 0 Å². The van der Waals surface area contributed by atoms with Crippen LogP contribution in [0.5, 0.6) is 0 Å². The summed E-state index contributed by atoms with van der Waals surface area (Å²) in [5.41, 5.74) is 0.923. The van der Waals surface area contributed by atoms with Crippen LogP contribution in [0.1, 0.15) is 12.5 Å². The van der Waals surface area contributed by atoms with Gasteiger partial charge < -0.3 is 9.64 Å². The van der Waals surface area contributed by atoms with E-state index in [9.17, 15) is 4.79 Å². The van der Waals surface area contributed by atoms with Crippen molar-refractivity contribution in [2.45, 2.75) is 19.4 Å². The van der Waals surface area contributed by atoms with Crippen LogP contribution in [-0.2, 0) is 16.0 Å². The van der Waals surface area contributed by atoms with Crippen molar-refractivity contribution in [3.63, 3.8) is 0 Å². The molecule has 1 aliphatic heterocycles. The fraction of sp³-hybridized carbons (Fsp3) is 0.462. The van der Waals surface area contributed by atoms with Crippen LogP contribution < -0.4 is 0 Å². The first-order chi connectivity index (χ1) is 8.58. The Kier molecular flexibility index (Phi) is 4.65. The first-order valence-electron chi connectivity index (χ1n) is 5.90. The van der Waals surface area contributed by atoms with Crippen molar-refractivity contribution in [1.82, 2.24) is 4.90 Å². The van der Waals surface area contributed by atoms with Crippen molar-refractivity contribution in [2.24, 2.45) is 0 Å². The number of halogens is 2. The molecule has 1 saturated heterocycles. The van der Waals surface area contributed by atoms with E-state index in [2.05, 4.69) is 15.9 Å². The molecule has 18 heavy (non-hydrogen) atoms. The van der Waals surface area contributed by atoms with Gasteiger partial charge in [0.2, 0.25) is 5.91 Å². The average Bonchev–Trinajstić information content (AvgIpc) is 2.35. The fourth-order valence-corrected chi connectivity index (χ4v) is 2.60. The Hall–Kier alpha value is -0.580. The molecule has 1 atom stereocenters. The molecule has 1 unspecified atom stereocenters. The summed E-state index contributed by atoms with van der Waals surface area (Å²) in [7, 11) is 0. The van der Waals surface area contributed by atoms with E-state index >= 15 is 0 Å². The van der Waals surface area contributed by atoms with Crippen LogP contribution in [-0.4, -0.2) is 36.6 Å². The number of nitrogens with zero attached hydrogens (tertiary/aromatic N) is 1. The fourth-order valence-electron chi connectivity index (χ4n) is 2.00. The van der Waals surface area contributed by atoms with Crippen LogP contribution in [0.15, 0.2) is 22.7 Å². The van der Waals surface area contributed by atoms with Crippen molar-refractivity contribution in [3.8, 4) is 0 Å². The minimum atomic E-state index is 0.116. The Morgan fingerprint density at radius 3 is 3.11 bits per heavy atom. The van der Waals surface area contributed by atoms with E-state index in [1.54, 1.807) is 6.07 Å². The Bertz CT molecular complexity index is 453. The molecule has 0 bridgehead atoms. The average molecular weight is 333 g/mol. The second-order valence-electron chi connectivity index (χ2n) is 4.41. The van der Waals surface area contributed by atoms with Gasteiger partial charge in [0, 0.05) is 17.6 Å². The largest absolute Gasteiger partial charge is 0.375 e. The van der Waals surface area contributed by atoms with Gasteiger partial charge in [0.25, 0.3) is 0 Å². The van der Waals surface area contributed by atoms with Gasteiger partial charge in [0.05, 0.1) is 24.2 Å². The molecule has 0 spiro atoms. The molecule has 1 aliphatic rings. The van der Waals surface area contributed by atoms with E-state index in [1.807, 2.05) is 24.0 Å². The normalized spacial score (nSPS) is 19.9. The summed E-state index contributed by atoms with van der Waals surface area (Å²) in [6.07, 6.45) is 0.485. The smallest absolute Gasteiger partial charge is 0.227 e. The van der Waals surface area contributed by atoms with E-state index in [0.29, 0.717) is 31.1 Å². The lowest BCUT2D eigenvalue weighted by molar-refractivity contribution is -0.137. The van der Waals surface area contributed by atoms with Gasteiger partial charge in [0.1, 0.15) is 0 Å². The van der Waals surface area contributed by atoms with Gasteiger partial charge >= 0.3 is 0 Å². The van der Waals surface area contributed by atoms with E-state index < -0.39 is 0 Å². The SMILES string of the molecule is CC1CN(C(=O)Cc2cccc(Cl)c2Br)CCO1. The Balaban J connectivity index is 2.04. The number of rotatable bonds is 2. The molecule has 0 saturated carbocycles. The molecule has 0 radical (unpaired) electrons. The van der Waals surface area contributed by atoms with Crippen LogP contribution >= 0.6 is 27.5 Å². The topological polar surface area (TPSA) is 29.5 Å². The first kappa shape index (κ1) is 13.8. The van der Waals surface area contributed by atoms with Crippen LogP contribution in [0.2, 0.25) is 5.02 Å². The number of morpholine rings is 1. The lowest BCUT2D eigenvalue weighted by Gasteiger charge is -2.31. The molecule has 5 heteroatoms. The zero-order valence-electron chi connectivity index (χ0n) is 10.2. The zero-order chi connectivity index (χ0) is 13.1. The first-order valence-corrected chi connectivity index (χ1v) is 7.07. The highest BCUT2D eigenvalue weighted by atomic mass is 79.9. The Morgan fingerprint density at radius 1 is 1.61 bits per heavy atom. The highest BCUT2D eigenvalue weighted by Crippen LogP contribution is 2.26. The molecule has 0 aromatic heterocycles. The number of hydrogen-bond donors (Lipinski definition) is 0. The summed E-state index contributed by atoms with van der Waals surface area (Å²) in [6.45, 7) is 3.93.